The van der Waals surface area contributed by atoms with Crippen LogP contribution in [0.4, 0.5) is 5.82 Å². The van der Waals surface area contributed by atoms with Gasteiger partial charge in [-0.25, -0.2) is 4.98 Å². The monoisotopic (exact) mass is 475 g/mol. The molecule has 0 saturated carbocycles. The number of hydrogen-bond acceptors (Lipinski definition) is 6. The van der Waals surface area contributed by atoms with Crippen LogP contribution in [0.1, 0.15) is 45.6 Å². The van der Waals surface area contributed by atoms with Crippen LogP contribution in [0.2, 0.25) is 0 Å². The number of nitriles is 1. The van der Waals surface area contributed by atoms with E-state index >= 15 is 0 Å². The number of fused-ring (bicyclic) bond motifs is 1. The Kier molecular flexibility index (Phi) is 6.02. The Bertz CT molecular complexity index is 1310. The normalized spacial score (nSPS) is 16.3. The number of nitrogens with zero attached hydrogens (tertiary/aromatic N) is 4. The standard InChI is InChI=1S/C25H25N5OS2/c1-16-17(2)30(14-18-7-6-12-32-18)24(19(16)13-26)28-23(31)15-29-11-5-9-21(29)25-27-20-8-3-4-10-22(20)33-25/h3-4,6-8,10,12,21H,5,9,11,14-15H2,1-2H3,(H,28,31)/t21-/m1/s1. The van der Waals surface area contributed by atoms with E-state index in [0.29, 0.717) is 17.9 Å². The van der Waals surface area contributed by atoms with Gasteiger partial charge >= 0.3 is 0 Å². The van der Waals surface area contributed by atoms with E-state index in [2.05, 4.69) is 28.4 Å². The molecule has 5 rings (SSSR count). The van der Waals surface area contributed by atoms with Crippen molar-refractivity contribution in [2.75, 3.05) is 18.4 Å². The third-order valence-corrected chi connectivity index (χ3v) is 8.40. The van der Waals surface area contributed by atoms with Gasteiger partial charge in [-0.15, -0.1) is 22.7 Å². The lowest BCUT2D eigenvalue weighted by atomic mass is 10.2. The van der Waals surface area contributed by atoms with Crippen molar-refractivity contribution in [3.8, 4) is 6.07 Å². The number of carbonyl (C=O) groups excluding carboxylic acids is 1. The van der Waals surface area contributed by atoms with Crippen molar-refractivity contribution in [2.24, 2.45) is 0 Å². The molecule has 4 aromatic rings. The van der Waals surface area contributed by atoms with E-state index in [0.717, 1.165) is 41.2 Å². The van der Waals surface area contributed by atoms with Gasteiger partial charge in [0.1, 0.15) is 16.9 Å². The van der Waals surface area contributed by atoms with Crippen molar-refractivity contribution in [1.82, 2.24) is 14.5 Å². The number of carbonyl (C=O) groups is 1. The van der Waals surface area contributed by atoms with Crippen molar-refractivity contribution < 1.29 is 4.79 Å². The maximum atomic E-state index is 13.2. The molecule has 0 unspecified atom stereocenters. The number of thiazole rings is 1. The Hall–Kier alpha value is -2.99. The number of benzene rings is 1. The van der Waals surface area contributed by atoms with Crippen molar-refractivity contribution in [1.29, 1.82) is 5.26 Å². The number of amides is 1. The molecular weight excluding hydrogens is 450 g/mol. The Labute approximate surface area is 201 Å². The Morgan fingerprint density at radius 1 is 1.27 bits per heavy atom. The molecule has 3 aromatic heterocycles. The van der Waals surface area contributed by atoms with E-state index in [1.54, 1.807) is 22.7 Å². The quantitative estimate of drug-likeness (QED) is 0.401. The zero-order chi connectivity index (χ0) is 22.9. The third-order valence-electron chi connectivity index (χ3n) is 6.40. The number of anilines is 1. The van der Waals surface area contributed by atoms with Gasteiger partial charge in [0.05, 0.1) is 34.9 Å². The van der Waals surface area contributed by atoms with Crippen LogP contribution in [0.25, 0.3) is 10.2 Å². The molecule has 1 aliphatic heterocycles. The number of likely N-dealkylation sites (tertiary alicyclic amines) is 1. The van der Waals surface area contributed by atoms with Crippen LogP contribution in [-0.4, -0.2) is 33.4 Å². The van der Waals surface area contributed by atoms with Gasteiger partial charge in [-0.3, -0.25) is 9.69 Å². The number of rotatable bonds is 6. The predicted octanol–water partition coefficient (Wildman–Crippen LogP) is 5.47. The Morgan fingerprint density at radius 3 is 2.88 bits per heavy atom. The fourth-order valence-corrected chi connectivity index (χ4v) is 6.40. The average molecular weight is 476 g/mol. The van der Waals surface area contributed by atoms with Gasteiger partial charge in [-0.1, -0.05) is 18.2 Å². The van der Waals surface area contributed by atoms with Gasteiger partial charge in [0.15, 0.2) is 0 Å². The molecule has 1 amide bonds. The maximum Gasteiger partial charge on any atom is 0.239 e. The second kappa shape index (κ2) is 9.10. The highest BCUT2D eigenvalue weighted by molar-refractivity contribution is 7.18. The minimum atomic E-state index is -0.0931. The van der Waals surface area contributed by atoms with Crippen molar-refractivity contribution >= 4 is 44.6 Å². The van der Waals surface area contributed by atoms with E-state index in [1.165, 1.54) is 9.58 Å². The van der Waals surface area contributed by atoms with Crippen LogP contribution in [0.5, 0.6) is 0 Å². The lowest BCUT2D eigenvalue weighted by Crippen LogP contribution is -2.33. The molecule has 0 radical (unpaired) electrons. The summed E-state index contributed by atoms with van der Waals surface area (Å²) >= 11 is 3.39. The lowest BCUT2D eigenvalue weighted by molar-refractivity contribution is -0.117. The van der Waals surface area contributed by atoms with Gasteiger partial charge in [-0.2, -0.15) is 5.26 Å². The molecule has 1 atom stereocenters. The van der Waals surface area contributed by atoms with Crippen molar-refractivity contribution in [2.45, 2.75) is 39.3 Å². The Balaban J connectivity index is 1.36. The minimum absolute atomic E-state index is 0.0931. The second-order valence-electron chi connectivity index (χ2n) is 8.41. The average Bonchev–Trinajstić information content (AvgIpc) is 3.59. The molecule has 168 valence electrons. The van der Waals surface area contributed by atoms with Crippen LogP contribution >= 0.6 is 22.7 Å². The van der Waals surface area contributed by atoms with Crippen LogP contribution in [0.3, 0.4) is 0 Å². The summed E-state index contributed by atoms with van der Waals surface area (Å²) in [6, 6.07) is 14.7. The van der Waals surface area contributed by atoms with E-state index in [4.69, 9.17) is 4.98 Å². The zero-order valence-corrected chi connectivity index (χ0v) is 20.3. The molecule has 0 aliphatic carbocycles. The van der Waals surface area contributed by atoms with Crippen LogP contribution < -0.4 is 5.32 Å². The summed E-state index contributed by atoms with van der Waals surface area (Å²) < 4.78 is 3.23. The molecule has 6 nitrogen and oxygen atoms in total. The fourth-order valence-electron chi connectivity index (χ4n) is 4.57. The molecule has 1 saturated heterocycles. The van der Waals surface area contributed by atoms with Gasteiger partial charge < -0.3 is 9.88 Å². The summed E-state index contributed by atoms with van der Waals surface area (Å²) in [5.41, 5.74) is 3.48. The van der Waals surface area contributed by atoms with Crippen molar-refractivity contribution in [3.05, 3.63) is 68.5 Å². The van der Waals surface area contributed by atoms with Crippen LogP contribution in [0, 0.1) is 25.2 Å². The van der Waals surface area contributed by atoms with E-state index < -0.39 is 0 Å². The SMILES string of the molecule is Cc1c(C#N)c(NC(=O)CN2CCC[C@@H]2c2nc3ccccc3s2)n(Cc2cccs2)c1C. The molecule has 1 fully saturated rings. The molecule has 1 aromatic carbocycles. The van der Waals surface area contributed by atoms with Crippen LogP contribution in [0.15, 0.2) is 41.8 Å². The van der Waals surface area contributed by atoms with Gasteiger partial charge in [0, 0.05) is 10.6 Å². The molecular formula is C25H25N5OS2. The maximum absolute atomic E-state index is 13.2. The lowest BCUT2D eigenvalue weighted by Gasteiger charge is -2.22. The van der Waals surface area contributed by atoms with E-state index in [9.17, 15) is 10.1 Å². The summed E-state index contributed by atoms with van der Waals surface area (Å²) in [5, 5.41) is 16.0. The summed E-state index contributed by atoms with van der Waals surface area (Å²) in [4.78, 5) is 21.4. The molecule has 1 aliphatic rings. The van der Waals surface area contributed by atoms with E-state index in [1.807, 2.05) is 48.1 Å². The smallest absolute Gasteiger partial charge is 0.239 e. The van der Waals surface area contributed by atoms with Gasteiger partial charge in [-0.05, 0) is 62.4 Å². The zero-order valence-electron chi connectivity index (χ0n) is 18.7. The first kappa shape index (κ1) is 21.8. The highest BCUT2D eigenvalue weighted by atomic mass is 32.1. The number of aromatic nitrogens is 2. The molecule has 4 heterocycles. The first-order valence-corrected chi connectivity index (χ1v) is 12.8. The fraction of sp³-hybridized carbons (Fsp3) is 0.320. The second-order valence-corrected chi connectivity index (χ2v) is 10.5. The first-order chi connectivity index (χ1) is 16.0. The number of nitrogens with one attached hydrogen (secondary N) is 1. The summed E-state index contributed by atoms with van der Waals surface area (Å²) in [6.07, 6.45) is 2.05. The van der Waals surface area contributed by atoms with Crippen LogP contribution in [-0.2, 0) is 11.3 Å². The highest BCUT2D eigenvalue weighted by Gasteiger charge is 2.30. The molecule has 0 bridgehead atoms. The largest absolute Gasteiger partial charge is 0.325 e. The van der Waals surface area contributed by atoms with Gasteiger partial charge in [0.25, 0.3) is 0 Å². The Morgan fingerprint density at radius 2 is 2.12 bits per heavy atom. The highest BCUT2D eigenvalue weighted by Crippen LogP contribution is 2.36. The molecule has 8 heteroatoms. The molecule has 0 spiro atoms. The third kappa shape index (κ3) is 4.20. The summed E-state index contributed by atoms with van der Waals surface area (Å²) in [7, 11) is 0. The molecule has 33 heavy (non-hydrogen) atoms. The molecule has 1 N–H and O–H groups in total. The topological polar surface area (TPSA) is 74.0 Å². The minimum Gasteiger partial charge on any atom is -0.325 e. The summed E-state index contributed by atoms with van der Waals surface area (Å²) in [6.45, 7) is 5.74. The van der Waals surface area contributed by atoms with Crippen molar-refractivity contribution in [3.63, 3.8) is 0 Å². The number of thiophene rings is 1. The first-order valence-electron chi connectivity index (χ1n) is 11.1. The number of hydrogen-bond donors (Lipinski definition) is 1. The summed E-state index contributed by atoms with van der Waals surface area (Å²) in [5.74, 6) is 0.506. The van der Waals surface area contributed by atoms with E-state index in [-0.39, 0.29) is 18.5 Å². The van der Waals surface area contributed by atoms with Gasteiger partial charge in [0.2, 0.25) is 5.91 Å². The predicted molar refractivity (Wildman–Crippen MR) is 134 cm³/mol. The number of para-hydroxylation sites is 1.